The summed E-state index contributed by atoms with van der Waals surface area (Å²) in [5, 5.41) is 9.52. The molecular formula is C12H21N3O2. The highest BCUT2D eigenvalue weighted by molar-refractivity contribution is 5.74. The van der Waals surface area contributed by atoms with Gasteiger partial charge in [0.1, 0.15) is 5.76 Å². The first-order valence-electron chi connectivity index (χ1n) is 5.77. The second-order valence-electron chi connectivity index (χ2n) is 5.18. The number of hydrogen-bond acceptors (Lipinski definition) is 3. The Balaban J connectivity index is 2.36. The van der Waals surface area contributed by atoms with Crippen LogP contribution in [0.4, 0.5) is 4.79 Å². The number of amides is 2. The van der Waals surface area contributed by atoms with Gasteiger partial charge in [0, 0.05) is 17.6 Å². The van der Waals surface area contributed by atoms with E-state index in [1.807, 2.05) is 34.6 Å². The van der Waals surface area contributed by atoms with Gasteiger partial charge in [-0.25, -0.2) is 4.79 Å². The molecule has 17 heavy (non-hydrogen) atoms. The van der Waals surface area contributed by atoms with Crippen molar-refractivity contribution in [1.82, 2.24) is 15.8 Å². The van der Waals surface area contributed by atoms with Crippen molar-refractivity contribution in [2.24, 2.45) is 0 Å². The number of aryl methyl sites for hydroxylation is 2. The predicted molar refractivity (Wildman–Crippen MR) is 66.0 cm³/mol. The first-order valence-corrected chi connectivity index (χ1v) is 5.77. The fraction of sp³-hybridized carbons (Fsp3) is 0.667. The minimum atomic E-state index is -0.215. The lowest BCUT2D eigenvalue weighted by molar-refractivity contribution is 0.232. The summed E-state index contributed by atoms with van der Waals surface area (Å²) in [5.41, 5.74) is 1.74. The maximum atomic E-state index is 11.5. The van der Waals surface area contributed by atoms with Crippen molar-refractivity contribution in [1.29, 1.82) is 0 Å². The molecule has 0 aliphatic heterocycles. The number of nitrogens with zero attached hydrogens (tertiary/aromatic N) is 1. The molecule has 2 amide bonds. The van der Waals surface area contributed by atoms with Gasteiger partial charge in [-0.05, 0) is 41.0 Å². The number of aromatic nitrogens is 1. The van der Waals surface area contributed by atoms with E-state index in [1.165, 1.54) is 0 Å². The molecule has 96 valence electrons. The Morgan fingerprint density at radius 1 is 1.35 bits per heavy atom. The van der Waals surface area contributed by atoms with E-state index in [2.05, 4.69) is 15.8 Å². The van der Waals surface area contributed by atoms with Crippen LogP contribution in [0.25, 0.3) is 0 Å². The number of carbonyl (C=O) groups is 1. The second-order valence-corrected chi connectivity index (χ2v) is 5.18. The van der Waals surface area contributed by atoms with Crippen LogP contribution in [0.5, 0.6) is 0 Å². The van der Waals surface area contributed by atoms with Crippen LogP contribution in [-0.4, -0.2) is 23.3 Å². The zero-order valence-electron chi connectivity index (χ0n) is 11.2. The SMILES string of the molecule is Cc1noc(C)c1CCNC(=O)NC(C)(C)C. The van der Waals surface area contributed by atoms with Gasteiger partial charge in [-0.1, -0.05) is 5.16 Å². The maximum Gasteiger partial charge on any atom is 0.315 e. The topological polar surface area (TPSA) is 67.2 Å². The third kappa shape index (κ3) is 4.46. The van der Waals surface area contributed by atoms with E-state index < -0.39 is 0 Å². The molecule has 0 bridgehead atoms. The highest BCUT2D eigenvalue weighted by atomic mass is 16.5. The van der Waals surface area contributed by atoms with Crippen LogP contribution in [-0.2, 0) is 6.42 Å². The molecule has 0 unspecified atom stereocenters. The van der Waals surface area contributed by atoms with Crippen molar-refractivity contribution in [3.05, 3.63) is 17.0 Å². The quantitative estimate of drug-likeness (QED) is 0.847. The van der Waals surface area contributed by atoms with Crippen molar-refractivity contribution in [2.75, 3.05) is 6.54 Å². The summed E-state index contributed by atoms with van der Waals surface area (Å²) >= 11 is 0. The van der Waals surface area contributed by atoms with E-state index in [0.717, 1.165) is 23.4 Å². The Hall–Kier alpha value is -1.52. The second kappa shape index (κ2) is 5.21. The third-order valence-corrected chi connectivity index (χ3v) is 2.33. The van der Waals surface area contributed by atoms with Crippen molar-refractivity contribution >= 4 is 6.03 Å². The summed E-state index contributed by atoms with van der Waals surface area (Å²) in [7, 11) is 0. The van der Waals surface area contributed by atoms with E-state index >= 15 is 0 Å². The highest BCUT2D eigenvalue weighted by Crippen LogP contribution is 2.11. The molecule has 0 saturated carbocycles. The summed E-state index contributed by atoms with van der Waals surface area (Å²) in [4.78, 5) is 11.5. The fourth-order valence-corrected chi connectivity index (χ4v) is 1.54. The van der Waals surface area contributed by atoms with Crippen LogP contribution in [0.1, 0.15) is 37.8 Å². The van der Waals surface area contributed by atoms with E-state index in [-0.39, 0.29) is 11.6 Å². The molecule has 0 saturated heterocycles. The molecule has 5 heteroatoms. The summed E-state index contributed by atoms with van der Waals surface area (Å²) in [6.07, 6.45) is 0.735. The minimum absolute atomic E-state index is 0.149. The summed E-state index contributed by atoms with van der Waals surface area (Å²) < 4.78 is 5.06. The molecule has 0 radical (unpaired) electrons. The number of nitrogens with one attached hydrogen (secondary N) is 2. The van der Waals surface area contributed by atoms with Gasteiger partial charge in [-0.15, -0.1) is 0 Å². The zero-order valence-corrected chi connectivity index (χ0v) is 11.2. The van der Waals surface area contributed by atoms with Gasteiger partial charge in [-0.3, -0.25) is 0 Å². The van der Waals surface area contributed by atoms with Gasteiger partial charge in [-0.2, -0.15) is 0 Å². The monoisotopic (exact) mass is 239 g/mol. The largest absolute Gasteiger partial charge is 0.361 e. The predicted octanol–water partition coefficient (Wildman–Crippen LogP) is 1.93. The smallest absolute Gasteiger partial charge is 0.315 e. The summed E-state index contributed by atoms with van der Waals surface area (Å²) in [6, 6.07) is -0.149. The standard InChI is InChI=1S/C12H21N3O2/c1-8-10(9(2)17-15-8)6-7-13-11(16)14-12(3,4)5/h6-7H2,1-5H3,(H2,13,14,16). The molecule has 0 aliphatic rings. The average molecular weight is 239 g/mol. The van der Waals surface area contributed by atoms with Crippen LogP contribution >= 0.6 is 0 Å². The van der Waals surface area contributed by atoms with Crippen molar-refractivity contribution in [2.45, 2.75) is 46.6 Å². The fourth-order valence-electron chi connectivity index (χ4n) is 1.54. The Morgan fingerprint density at radius 2 is 2.00 bits per heavy atom. The van der Waals surface area contributed by atoms with E-state index in [0.29, 0.717) is 6.54 Å². The zero-order chi connectivity index (χ0) is 13.1. The summed E-state index contributed by atoms with van der Waals surface area (Å²) in [5.74, 6) is 0.820. The number of urea groups is 1. The van der Waals surface area contributed by atoms with Crippen LogP contribution < -0.4 is 10.6 Å². The normalized spacial score (nSPS) is 11.4. The van der Waals surface area contributed by atoms with E-state index in [9.17, 15) is 4.79 Å². The average Bonchev–Trinajstić information content (AvgIpc) is 2.46. The molecule has 0 aliphatic carbocycles. The number of carbonyl (C=O) groups excluding carboxylic acids is 1. The minimum Gasteiger partial charge on any atom is -0.361 e. The number of hydrogen-bond donors (Lipinski definition) is 2. The molecular weight excluding hydrogens is 218 g/mol. The van der Waals surface area contributed by atoms with Gasteiger partial charge < -0.3 is 15.2 Å². The summed E-state index contributed by atoms with van der Waals surface area (Å²) in [6.45, 7) is 10.2. The molecule has 1 rings (SSSR count). The van der Waals surface area contributed by atoms with Crippen LogP contribution in [0.3, 0.4) is 0 Å². The third-order valence-electron chi connectivity index (χ3n) is 2.33. The molecule has 0 aromatic carbocycles. The van der Waals surface area contributed by atoms with Crippen molar-refractivity contribution in [3.63, 3.8) is 0 Å². The van der Waals surface area contributed by atoms with Gasteiger partial charge in [0.15, 0.2) is 0 Å². The Morgan fingerprint density at radius 3 is 2.47 bits per heavy atom. The van der Waals surface area contributed by atoms with Gasteiger partial charge in [0.25, 0.3) is 0 Å². The van der Waals surface area contributed by atoms with Gasteiger partial charge >= 0.3 is 6.03 Å². The Labute approximate surface area is 102 Å². The van der Waals surface area contributed by atoms with Crippen molar-refractivity contribution in [3.8, 4) is 0 Å². The van der Waals surface area contributed by atoms with Crippen molar-refractivity contribution < 1.29 is 9.32 Å². The lowest BCUT2D eigenvalue weighted by atomic mass is 10.1. The Bertz CT molecular complexity index is 371. The molecule has 2 N–H and O–H groups in total. The first-order chi connectivity index (χ1) is 7.79. The van der Waals surface area contributed by atoms with E-state index in [1.54, 1.807) is 0 Å². The van der Waals surface area contributed by atoms with Gasteiger partial charge in [0.05, 0.1) is 5.69 Å². The van der Waals surface area contributed by atoms with Gasteiger partial charge in [0.2, 0.25) is 0 Å². The van der Waals surface area contributed by atoms with E-state index in [4.69, 9.17) is 4.52 Å². The molecule has 1 aromatic rings. The lowest BCUT2D eigenvalue weighted by Gasteiger charge is -2.20. The molecule has 0 spiro atoms. The van der Waals surface area contributed by atoms with Crippen LogP contribution in [0, 0.1) is 13.8 Å². The van der Waals surface area contributed by atoms with Crippen LogP contribution in [0.2, 0.25) is 0 Å². The molecule has 0 atom stereocenters. The molecule has 0 fully saturated rings. The maximum absolute atomic E-state index is 11.5. The highest BCUT2D eigenvalue weighted by Gasteiger charge is 2.13. The molecule has 5 nitrogen and oxygen atoms in total. The molecule has 1 aromatic heterocycles. The Kier molecular flexibility index (Phi) is 4.15. The first kappa shape index (κ1) is 13.5. The lowest BCUT2D eigenvalue weighted by Crippen LogP contribution is -2.46. The number of rotatable bonds is 3. The molecule has 1 heterocycles. The van der Waals surface area contributed by atoms with Crippen LogP contribution in [0.15, 0.2) is 4.52 Å².